The van der Waals surface area contributed by atoms with Crippen LogP contribution in [0.5, 0.6) is 5.75 Å². The summed E-state index contributed by atoms with van der Waals surface area (Å²) in [6, 6.07) is 6.82. The number of hydrogen-bond acceptors (Lipinski definition) is 2. The van der Waals surface area contributed by atoms with Gasteiger partial charge >= 0.3 is 6.61 Å². The van der Waals surface area contributed by atoms with Gasteiger partial charge in [0, 0.05) is 12.0 Å². The van der Waals surface area contributed by atoms with E-state index in [1.54, 1.807) is 12.1 Å². The lowest BCUT2D eigenvalue weighted by Crippen LogP contribution is -2.25. The quantitative estimate of drug-likeness (QED) is 0.879. The van der Waals surface area contributed by atoms with Gasteiger partial charge < -0.3 is 10.5 Å². The topological polar surface area (TPSA) is 35.2 Å². The van der Waals surface area contributed by atoms with Crippen LogP contribution in [0.4, 0.5) is 8.78 Å². The average Bonchev–Trinajstić information content (AvgIpc) is 2.82. The van der Waals surface area contributed by atoms with Crippen molar-refractivity contribution in [3.8, 4) is 5.75 Å². The van der Waals surface area contributed by atoms with E-state index in [0.29, 0.717) is 6.54 Å². The highest BCUT2D eigenvalue weighted by Crippen LogP contribution is 2.63. The summed E-state index contributed by atoms with van der Waals surface area (Å²) >= 11 is 0. The molecule has 2 nitrogen and oxygen atoms in total. The molecule has 0 aromatic heterocycles. The van der Waals surface area contributed by atoms with Crippen LogP contribution in [-0.2, 0) is 5.41 Å². The van der Waals surface area contributed by atoms with E-state index in [1.165, 1.54) is 0 Å². The predicted molar refractivity (Wildman–Crippen MR) is 62.2 cm³/mol. The Hall–Kier alpha value is -1.16. The molecule has 94 valence electrons. The molecule has 0 aliphatic heterocycles. The van der Waals surface area contributed by atoms with Crippen molar-refractivity contribution in [2.24, 2.45) is 11.1 Å². The van der Waals surface area contributed by atoms with Gasteiger partial charge in [-0.25, -0.2) is 0 Å². The molecule has 0 bridgehead atoms. The maximum Gasteiger partial charge on any atom is 0.387 e. The Kier molecular flexibility index (Phi) is 2.86. The predicted octanol–water partition coefficient (Wildman–Crippen LogP) is 2.91. The number of alkyl halides is 2. The molecular formula is C13H17F2NO. The van der Waals surface area contributed by atoms with Gasteiger partial charge in [0.1, 0.15) is 5.75 Å². The van der Waals surface area contributed by atoms with Gasteiger partial charge in [0.2, 0.25) is 0 Å². The summed E-state index contributed by atoms with van der Waals surface area (Å²) < 4.78 is 28.4. The van der Waals surface area contributed by atoms with Crippen LogP contribution in [0.3, 0.4) is 0 Å². The number of hydrogen-bond donors (Lipinski definition) is 1. The zero-order valence-corrected chi connectivity index (χ0v) is 10.0. The minimum atomic E-state index is -2.78. The van der Waals surface area contributed by atoms with Crippen molar-refractivity contribution < 1.29 is 13.5 Å². The van der Waals surface area contributed by atoms with Crippen molar-refractivity contribution in [2.45, 2.75) is 32.3 Å². The number of nitrogens with two attached hydrogens (primary N) is 1. The lowest BCUT2D eigenvalue weighted by atomic mass is 9.88. The molecule has 1 atom stereocenters. The monoisotopic (exact) mass is 241 g/mol. The first kappa shape index (κ1) is 12.3. The minimum Gasteiger partial charge on any atom is -0.435 e. The van der Waals surface area contributed by atoms with Crippen molar-refractivity contribution in [3.05, 3.63) is 29.8 Å². The molecule has 2 rings (SSSR count). The lowest BCUT2D eigenvalue weighted by molar-refractivity contribution is -0.0498. The summed E-state index contributed by atoms with van der Waals surface area (Å²) in [7, 11) is 0. The van der Waals surface area contributed by atoms with E-state index in [0.717, 1.165) is 12.0 Å². The van der Waals surface area contributed by atoms with Crippen molar-refractivity contribution in [1.29, 1.82) is 0 Å². The fraction of sp³-hybridized carbons (Fsp3) is 0.538. The largest absolute Gasteiger partial charge is 0.435 e. The molecule has 2 N–H and O–H groups in total. The van der Waals surface area contributed by atoms with Crippen LogP contribution in [0.1, 0.15) is 25.8 Å². The lowest BCUT2D eigenvalue weighted by Gasteiger charge is -2.19. The van der Waals surface area contributed by atoms with Gasteiger partial charge in [-0.1, -0.05) is 26.0 Å². The molecule has 1 aliphatic rings. The van der Waals surface area contributed by atoms with E-state index in [-0.39, 0.29) is 16.6 Å². The Morgan fingerprint density at radius 2 is 1.82 bits per heavy atom. The normalized spacial score (nSPS) is 26.0. The second-order valence-corrected chi connectivity index (χ2v) is 5.25. The molecule has 1 aromatic rings. The third-order valence-electron chi connectivity index (χ3n) is 3.89. The van der Waals surface area contributed by atoms with Crippen LogP contribution in [0, 0.1) is 5.41 Å². The highest BCUT2D eigenvalue weighted by molar-refractivity contribution is 5.40. The zero-order chi connectivity index (χ0) is 12.7. The third kappa shape index (κ3) is 2.02. The van der Waals surface area contributed by atoms with Crippen LogP contribution in [0.15, 0.2) is 24.3 Å². The summed E-state index contributed by atoms with van der Waals surface area (Å²) in [6.07, 6.45) is 1.03. The van der Waals surface area contributed by atoms with Crippen molar-refractivity contribution in [1.82, 2.24) is 0 Å². The molecule has 4 heteroatoms. The molecule has 0 saturated heterocycles. The summed E-state index contributed by atoms with van der Waals surface area (Å²) in [5.74, 6) is 0.189. The van der Waals surface area contributed by atoms with Gasteiger partial charge in [0.05, 0.1) is 0 Å². The highest BCUT2D eigenvalue weighted by atomic mass is 19.3. The van der Waals surface area contributed by atoms with E-state index in [9.17, 15) is 8.78 Å². The van der Waals surface area contributed by atoms with Crippen LogP contribution in [0.2, 0.25) is 0 Å². The molecule has 0 spiro atoms. The van der Waals surface area contributed by atoms with Crippen LogP contribution >= 0.6 is 0 Å². The van der Waals surface area contributed by atoms with Gasteiger partial charge in [-0.05, 0) is 29.5 Å². The summed E-state index contributed by atoms with van der Waals surface area (Å²) in [5.41, 5.74) is 7.13. The van der Waals surface area contributed by atoms with Crippen molar-refractivity contribution in [2.75, 3.05) is 6.54 Å². The maximum atomic E-state index is 12.0. The Labute approximate surface area is 99.8 Å². The van der Waals surface area contributed by atoms with Crippen molar-refractivity contribution >= 4 is 0 Å². The molecule has 1 unspecified atom stereocenters. The van der Waals surface area contributed by atoms with Gasteiger partial charge in [-0.3, -0.25) is 0 Å². The first-order valence-corrected chi connectivity index (χ1v) is 5.67. The Balaban J connectivity index is 2.19. The van der Waals surface area contributed by atoms with Crippen LogP contribution < -0.4 is 10.5 Å². The molecule has 1 fully saturated rings. The zero-order valence-electron chi connectivity index (χ0n) is 10.0. The third-order valence-corrected chi connectivity index (χ3v) is 3.89. The minimum absolute atomic E-state index is 0.00361. The van der Waals surface area contributed by atoms with Crippen LogP contribution in [-0.4, -0.2) is 13.2 Å². The Morgan fingerprint density at radius 1 is 1.29 bits per heavy atom. The number of rotatable bonds is 4. The highest BCUT2D eigenvalue weighted by Gasteiger charge is 2.60. The average molecular weight is 241 g/mol. The summed E-state index contributed by atoms with van der Waals surface area (Å²) in [6.45, 7) is 2.14. The van der Waals surface area contributed by atoms with Crippen molar-refractivity contribution in [3.63, 3.8) is 0 Å². The molecule has 1 saturated carbocycles. The van der Waals surface area contributed by atoms with E-state index >= 15 is 0 Å². The van der Waals surface area contributed by atoms with E-state index in [4.69, 9.17) is 5.73 Å². The van der Waals surface area contributed by atoms with Crippen LogP contribution in [0.25, 0.3) is 0 Å². The molecule has 1 aromatic carbocycles. The van der Waals surface area contributed by atoms with Gasteiger partial charge in [-0.2, -0.15) is 8.78 Å². The Morgan fingerprint density at radius 3 is 2.18 bits per heavy atom. The molecule has 17 heavy (non-hydrogen) atoms. The number of halogens is 2. The summed E-state index contributed by atoms with van der Waals surface area (Å²) in [4.78, 5) is 0. The first-order chi connectivity index (χ1) is 7.91. The second-order valence-electron chi connectivity index (χ2n) is 5.25. The molecular weight excluding hydrogens is 224 g/mol. The summed E-state index contributed by atoms with van der Waals surface area (Å²) in [5, 5.41) is 0. The Bertz CT molecular complexity index is 402. The van der Waals surface area contributed by atoms with Gasteiger partial charge in [0.15, 0.2) is 0 Å². The van der Waals surface area contributed by atoms with E-state index < -0.39 is 6.61 Å². The fourth-order valence-electron chi connectivity index (χ4n) is 2.62. The van der Waals surface area contributed by atoms with Gasteiger partial charge in [-0.15, -0.1) is 0 Å². The smallest absolute Gasteiger partial charge is 0.387 e. The second kappa shape index (κ2) is 3.95. The molecule has 0 amide bonds. The molecule has 0 radical (unpaired) electrons. The molecule has 0 heterocycles. The fourth-order valence-corrected chi connectivity index (χ4v) is 2.62. The molecule has 1 aliphatic carbocycles. The standard InChI is InChI=1S/C13H17F2NO/c1-12(2)7-13(12,8-16)9-3-5-10(6-4-9)17-11(14)15/h3-6,11H,7-8,16H2,1-2H3. The maximum absolute atomic E-state index is 12.0. The van der Waals surface area contributed by atoms with E-state index in [1.807, 2.05) is 12.1 Å². The SMILES string of the molecule is CC1(C)CC1(CN)c1ccc(OC(F)F)cc1. The first-order valence-electron chi connectivity index (χ1n) is 5.67. The van der Waals surface area contributed by atoms with E-state index in [2.05, 4.69) is 18.6 Å². The number of benzene rings is 1. The van der Waals surface area contributed by atoms with Gasteiger partial charge in [0.25, 0.3) is 0 Å². The number of ether oxygens (including phenoxy) is 1.